The summed E-state index contributed by atoms with van der Waals surface area (Å²) in [5.41, 5.74) is 0. The quantitative estimate of drug-likeness (QED) is 0.316. The number of ether oxygens (including phenoxy) is 2. The molecule has 0 aromatic carbocycles. The highest BCUT2D eigenvalue weighted by Crippen LogP contribution is 2.24. The molecule has 2 rings (SSSR count). The van der Waals surface area contributed by atoms with Crippen molar-refractivity contribution in [2.45, 2.75) is 70.9 Å². The summed E-state index contributed by atoms with van der Waals surface area (Å²) < 4.78 is 11.2. The molecule has 7 nitrogen and oxygen atoms in total. The molecule has 28 heavy (non-hydrogen) atoms. The third-order valence-electron chi connectivity index (χ3n) is 5.49. The van der Waals surface area contributed by atoms with Gasteiger partial charge in [0.25, 0.3) is 0 Å². The summed E-state index contributed by atoms with van der Waals surface area (Å²) in [5, 5.41) is 9.90. The highest BCUT2D eigenvalue weighted by molar-refractivity contribution is 5.81. The summed E-state index contributed by atoms with van der Waals surface area (Å²) in [6.07, 6.45) is 7.19. The molecule has 2 atom stereocenters. The third-order valence-corrected chi connectivity index (χ3v) is 5.49. The molecule has 0 radical (unpaired) electrons. The number of carbonyl (C=O) groups is 1. The van der Waals surface area contributed by atoms with E-state index in [9.17, 15) is 4.79 Å². The van der Waals surface area contributed by atoms with Crippen LogP contribution < -0.4 is 16.0 Å². The van der Waals surface area contributed by atoms with Gasteiger partial charge in [0.1, 0.15) is 0 Å². The highest BCUT2D eigenvalue weighted by Gasteiger charge is 2.27. The lowest BCUT2D eigenvalue weighted by Gasteiger charge is -2.30. The van der Waals surface area contributed by atoms with Gasteiger partial charge in [0.2, 0.25) is 5.91 Å². The van der Waals surface area contributed by atoms with E-state index in [-0.39, 0.29) is 17.9 Å². The summed E-state index contributed by atoms with van der Waals surface area (Å²) in [6.45, 7) is 8.21. The second-order valence-corrected chi connectivity index (χ2v) is 8.35. The maximum Gasteiger partial charge on any atom is 0.223 e. The van der Waals surface area contributed by atoms with Crippen LogP contribution in [0, 0.1) is 11.8 Å². The Balaban J connectivity index is 1.59. The van der Waals surface area contributed by atoms with Gasteiger partial charge >= 0.3 is 0 Å². The molecule has 1 heterocycles. The van der Waals surface area contributed by atoms with Crippen molar-refractivity contribution in [1.82, 2.24) is 16.0 Å². The molecule has 7 heteroatoms. The number of guanidine groups is 1. The Labute approximate surface area is 170 Å². The maximum atomic E-state index is 12.3. The smallest absolute Gasteiger partial charge is 0.223 e. The van der Waals surface area contributed by atoms with Gasteiger partial charge in [-0.1, -0.05) is 6.42 Å². The summed E-state index contributed by atoms with van der Waals surface area (Å²) in [4.78, 5) is 16.6. The second kappa shape index (κ2) is 13.0. The number of nitrogens with one attached hydrogen (secondary N) is 3. The topological polar surface area (TPSA) is 84.0 Å². The molecular weight excluding hydrogens is 356 g/mol. The minimum atomic E-state index is 0.102. The molecule has 0 aromatic rings. The first-order valence-electron chi connectivity index (χ1n) is 11.0. The summed E-state index contributed by atoms with van der Waals surface area (Å²) >= 11 is 0. The van der Waals surface area contributed by atoms with E-state index in [2.05, 4.69) is 20.9 Å². The third kappa shape index (κ3) is 8.78. The van der Waals surface area contributed by atoms with E-state index >= 15 is 0 Å². The number of hydrogen-bond donors (Lipinski definition) is 3. The van der Waals surface area contributed by atoms with Gasteiger partial charge in [0.05, 0.1) is 0 Å². The minimum Gasteiger partial charge on any atom is -0.381 e. The van der Waals surface area contributed by atoms with Gasteiger partial charge < -0.3 is 25.4 Å². The average molecular weight is 397 g/mol. The van der Waals surface area contributed by atoms with E-state index in [4.69, 9.17) is 9.47 Å². The van der Waals surface area contributed by atoms with Gasteiger partial charge in [-0.2, -0.15) is 0 Å². The lowest BCUT2D eigenvalue weighted by atomic mass is 9.85. The Hall–Kier alpha value is -1.34. The Morgan fingerprint density at radius 1 is 1.21 bits per heavy atom. The summed E-state index contributed by atoms with van der Waals surface area (Å²) in [5.74, 6) is 1.76. The molecule has 2 unspecified atom stereocenters. The van der Waals surface area contributed by atoms with Gasteiger partial charge in [-0.3, -0.25) is 9.79 Å². The summed E-state index contributed by atoms with van der Waals surface area (Å²) in [7, 11) is 1.79. The van der Waals surface area contributed by atoms with Crippen LogP contribution in [0.1, 0.15) is 58.8 Å². The molecule has 1 aliphatic carbocycles. The van der Waals surface area contributed by atoms with E-state index in [0.29, 0.717) is 12.0 Å². The van der Waals surface area contributed by atoms with Crippen molar-refractivity contribution in [3.63, 3.8) is 0 Å². The van der Waals surface area contributed by atoms with E-state index < -0.39 is 0 Å². The number of aliphatic imine (C=N–C) groups is 1. The van der Waals surface area contributed by atoms with Crippen molar-refractivity contribution >= 4 is 11.9 Å². The molecule has 0 spiro atoms. The van der Waals surface area contributed by atoms with Crippen LogP contribution in [0.3, 0.4) is 0 Å². The van der Waals surface area contributed by atoms with Crippen LogP contribution in [0.2, 0.25) is 0 Å². The fourth-order valence-electron chi connectivity index (χ4n) is 3.89. The number of amides is 1. The first kappa shape index (κ1) is 22.9. The normalized spacial score (nSPS) is 24.2. The summed E-state index contributed by atoms with van der Waals surface area (Å²) in [6, 6.07) is 0.497. The van der Waals surface area contributed by atoms with Crippen molar-refractivity contribution in [1.29, 1.82) is 0 Å². The van der Waals surface area contributed by atoms with Crippen LogP contribution in [0.25, 0.3) is 0 Å². The molecule has 1 aliphatic heterocycles. The van der Waals surface area contributed by atoms with Crippen LogP contribution in [0.5, 0.6) is 0 Å². The van der Waals surface area contributed by atoms with E-state index in [1.54, 1.807) is 7.05 Å². The molecular formula is C21H40N4O3. The van der Waals surface area contributed by atoms with Crippen molar-refractivity contribution in [2.24, 2.45) is 16.8 Å². The fraction of sp³-hybridized carbons (Fsp3) is 0.905. The van der Waals surface area contributed by atoms with Crippen molar-refractivity contribution in [2.75, 3.05) is 40.0 Å². The van der Waals surface area contributed by atoms with Gasteiger partial charge in [-0.05, 0) is 58.3 Å². The average Bonchev–Trinajstić information content (AvgIpc) is 2.70. The van der Waals surface area contributed by atoms with Gasteiger partial charge in [0.15, 0.2) is 5.96 Å². The van der Waals surface area contributed by atoms with Crippen LogP contribution >= 0.6 is 0 Å². The monoisotopic (exact) mass is 396 g/mol. The lowest BCUT2D eigenvalue weighted by Crippen LogP contribution is -2.47. The fourth-order valence-corrected chi connectivity index (χ4v) is 3.89. The molecule has 1 amide bonds. The second-order valence-electron chi connectivity index (χ2n) is 8.35. The van der Waals surface area contributed by atoms with Crippen LogP contribution in [-0.4, -0.2) is 64.0 Å². The maximum absolute atomic E-state index is 12.3. The van der Waals surface area contributed by atoms with Gasteiger partial charge in [0, 0.05) is 58.0 Å². The first-order valence-corrected chi connectivity index (χ1v) is 11.0. The van der Waals surface area contributed by atoms with E-state index in [1.807, 2.05) is 13.8 Å². The molecule has 1 saturated heterocycles. The number of rotatable bonds is 9. The molecule has 3 N–H and O–H groups in total. The Kier molecular flexibility index (Phi) is 10.6. The zero-order chi connectivity index (χ0) is 20.2. The van der Waals surface area contributed by atoms with Crippen LogP contribution in [0.15, 0.2) is 4.99 Å². The zero-order valence-corrected chi connectivity index (χ0v) is 18.0. The molecule has 0 aromatic heterocycles. The Morgan fingerprint density at radius 3 is 2.71 bits per heavy atom. The van der Waals surface area contributed by atoms with Crippen LogP contribution in [-0.2, 0) is 14.3 Å². The van der Waals surface area contributed by atoms with Crippen LogP contribution in [0.4, 0.5) is 0 Å². The number of hydrogen-bond acceptors (Lipinski definition) is 4. The SMILES string of the molecule is CN=C(NCCCOCC1CCOCC1)NC1CCCC(C(=O)NC(C)C)C1. The predicted octanol–water partition coefficient (Wildman–Crippen LogP) is 2.07. The minimum absolute atomic E-state index is 0.102. The predicted molar refractivity (Wildman–Crippen MR) is 113 cm³/mol. The lowest BCUT2D eigenvalue weighted by molar-refractivity contribution is -0.126. The Bertz CT molecular complexity index is 478. The van der Waals surface area contributed by atoms with E-state index in [0.717, 1.165) is 83.9 Å². The van der Waals surface area contributed by atoms with Crippen molar-refractivity contribution in [3.8, 4) is 0 Å². The van der Waals surface area contributed by atoms with Crippen molar-refractivity contribution in [3.05, 3.63) is 0 Å². The standard InChI is InChI=1S/C21H40N4O3/c1-16(2)24-20(26)18-6-4-7-19(14-18)25-21(22-3)23-10-5-11-28-15-17-8-12-27-13-9-17/h16-19H,4-15H2,1-3H3,(H,24,26)(H2,22,23,25). The molecule has 0 bridgehead atoms. The molecule has 1 saturated carbocycles. The highest BCUT2D eigenvalue weighted by atomic mass is 16.5. The van der Waals surface area contributed by atoms with Gasteiger partial charge in [-0.15, -0.1) is 0 Å². The molecule has 2 aliphatic rings. The largest absolute Gasteiger partial charge is 0.381 e. The first-order chi connectivity index (χ1) is 13.6. The Morgan fingerprint density at radius 2 is 2.00 bits per heavy atom. The number of nitrogens with zero attached hydrogens (tertiary/aromatic N) is 1. The number of carbonyl (C=O) groups excluding carboxylic acids is 1. The zero-order valence-electron chi connectivity index (χ0n) is 18.0. The molecule has 162 valence electrons. The van der Waals surface area contributed by atoms with E-state index in [1.165, 1.54) is 0 Å². The van der Waals surface area contributed by atoms with Gasteiger partial charge in [-0.25, -0.2) is 0 Å². The van der Waals surface area contributed by atoms with Crippen molar-refractivity contribution < 1.29 is 14.3 Å². The molecule has 2 fully saturated rings.